The Labute approximate surface area is 178 Å². The molecule has 31 heavy (non-hydrogen) atoms. The summed E-state index contributed by atoms with van der Waals surface area (Å²) >= 11 is 0. The largest absolute Gasteiger partial charge is 0.484 e. The van der Waals surface area contributed by atoms with Gasteiger partial charge in [0.2, 0.25) is 0 Å². The van der Waals surface area contributed by atoms with Crippen LogP contribution in [0, 0.1) is 19.7 Å². The summed E-state index contributed by atoms with van der Waals surface area (Å²) < 4.78 is 21.6. The van der Waals surface area contributed by atoms with Crippen molar-refractivity contribution in [2.75, 3.05) is 19.7 Å². The number of likely N-dealkylation sites (tertiary alicyclic amines) is 1. The number of nitrogens with zero attached hydrogens (tertiary/aromatic N) is 5. The molecule has 162 valence electrons. The Hall–Kier alpha value is -3.49. The Morgan fingerprint density at radius 1 is 1.10 bits per heavy atom. The van der Waals surface area contributed by atoms with E-state index in [0.29, 0.717) is 37.5 Å². The first kappa shape index (κ1) is 20.8. The van der Waals surface area contributed by atoms with E-state index in [4.69, 9.17) is 4.74 Å². The molecule has 1 fully saturated rings. The summed E-state index contributed by atoms with van der Waals surface area (Å²) in [5.74, 6) is 0.545. The van der Waals surface area contributed by atoms with E-state index in [0.717, 1.165) is 11.4 Å². The number of halogens is 1. The van der Waals surface area contributed by atoms with Gasteiger partial charge in [-0.1, -0.05) is 0 Å². The van der Waals surface area contributed by atoms with Gasteiger partial charge >= 0.3 is 0 Å². The molecule has 3 heterocycles. The molecule has 1 aliphatic heterocycles. The highest BCUT2D eigenvalue weighted by atomic mass is 19.1. The van der Waals surface area contributed by atoms with Gasteiger partial charge in [-0.15, -0.1) is 5.10 Å². The molecule has 1 saturated heterocycles. The maximum Gasteiger partial charge on any atom is 0.267 e. The summed E-state index contributed by atoms with van der Waals surface area (Å²) in [4.78, 5) is 26.6. The van der Waals surface area contributed by atoms with E-state index in [1.807, 2.05) is 19.9 Å². The molecule has 0 bridgehead atoms. The highest BCUT2D eigenvalue weighted by molar-refractivity contribution is 5.77. The van der Waals surface area contributed by atoms with Gasteiger partial charge in [-0.25, -0.2) is 13.8 Å². The fourth-order valence-electron chi connectivity index (χ4n) is 3.78. The van der Waals surface area contributed by atoms with Crippen LogP contribution in [0.1, 0.15) is 30.3 Å². The quantitative estimate of drug-likeness (QED) is 0.627. The minimum Gasteiger partial charge on any atom is -0.484 e. The zero-order valence-corrected chi connectivity index (χ0v) is 17.5. The first-order chi connectivity index (χ1) is 14.9. The second-order valence-corrected chi connectivity index (χ2v) is 7.67. The molecule has 0 N–H and O–H groups in total. The molecule has 1 aromatic carbocycles. The van der Waals surface area contributed by atoms with Crippen molar-refractivity contribution < 1.29 is 13.9 Å². The molecule has 2 aromatic heterocycles. The molecular formula is C22H24FN5O3. The van der Waals surface area contributed by atoms with Crippen LogP contribution in [0.5, 0.6) is 5.75 Å². The molecule has 1 amide bonds. The molecule has 0 radical (unpaired) electrons. The smallest absolute Gasteiger partial charge is 0.267 e. The van der Waals surface area contributed by atoms with Gasteiger partial charge in [0.25, 0.3) is 11.5 Å². The van der Waals surface area contributed by atoms with Crippen LogP contribution in [0.3, 0.4) is 0 Å². The SMILES string of the molecule is Cc1cc(C)n(-c2ccc(=O)n(C3CCN(C(=O)COc4ccc(F)cc4)CC3)n2)n1. The number of aryl methyl sites for hydroxylation is 2. The summed E-state index contributed by atoms with van der Waals surface area (Å²) in [6.07, 6.45) is 1.24. The van der Waals surface area contributed by atoms with Crippen molar-refractivity contribution in [1.29, 1.82) is 0 Å². The van der Waals surface area contributed by atoms with E-state index in [1.54, 1.807) is 15.6 Å². The first-order valence-electron chi connectivity index (χ1n) is 10.2. The van der Waals surface area contributed by atoms with E-state index >= 15 is 0 Å². The van der Waals surface area contributed by atoms with Crippen LogP contribution in [0.15, 0.2) is 47.3 Å². The predicted molar refractivity (Wildman–Crippen MR) is 112 cm³/mol. The van der Waals surface area contributed by atoms with Gasteiger partial charge in [0.1, 0.15) is 11.6 Å². The summed E-state index contributed by atoms with van der Waals surface area (Å²) in [6.45, 7) is 4.76. The fourth-order valence-corrected chi connectivity index (χ4v) is 3.78. The topological polar surface area (TPSA) is 82.2 Å². The Morgan fingerprint density at radius 3 is 2.45 bits per heavy atom. The number of benzene rings is 1. The minimum atomic E-state index is -0.355. The number of ether oxygens (including phenoxy) is 1. The molecule has 0 spiro atoms. The summed E-state index contributed by atoms with van der Waals surface area (Å²) in [6, 6.07) is 10.6. The highest BCUT2D eigenvalue weighted by Crippen LogP contribution is 2.21. The molecule has 0 unspecified atom stereocenters. The van der Waals surface area contributed by atoms with Crippen molar-refractivity contribution in [2.24, 2.45) is 0 Å². The van der Waals surface area contributed by atoms with Gasteiger partial charge in [-0.2, -0.15) is 5.10 Å². The third-order valence-electron chi connectivity index (χ3n) is 5.38. The van der Waals surface area contributed by atoms with Gasteiger partial charge in [-0.3, -0.25) is 9.59 Å². The summed E-state index contributed by atoms with van der Waals surface area (Å²) in [5.41, 5.74) is 1.65. The monoisotopic (exact) mass is 425 g/mol. The Kier molecular flexibility index (Phi) is 5.83. The van der Waals surface area contributed by atoms with Gasteiger partial charge < -0.3 is 9.64 Å². The maximum absolute atomic E-state index is 13.0. The lowest BCUT2D eigenvalue weighted by Crippen LogP contribution is -2.43. The molecule has 4 rings (SSSR count). The predicted octanol–water partition coefficient (Wildman–Crippen LogP) is 2.43. The van der Waals surface area contributed by atoms with E-state index < -0.39 is 0 Å². The van der Waals surface area contributed by atoms with Crippen molar-refractivity contribution in [2.45, 2.75) is 32.7 Å². The molecular weight excluding hydrogens is 401 g/mol. The molecule has 0 saturated carbocycles. The second kappa shape index (κ2) is 8.71. The van der Waals surface area contributed by atoms with Crippen LogP contribution in [0.25, 0.3) is 5.82 Å². The number of carbonyl (C=O) groups excluding carboxylic acids is 1. The highest BCUT2D eigenvalue weighted by Gasteiger charge is 2.25. The number of hydrogen-bond donors (Lipinski definition) is 0. The Balaban J connectivity index is 1.38. The van der Waals surface area contributed by atoms with Gasteiger partial charge in [0.05, 0.1) is 11.7 Å². The van der Waals surface area contributed by atoms with Crippen molar-refractivity contribution in [3.05, 3.63) is 70.0 Å². The van der Waals surface area contributed by atoms with Crippen LogP contribution in [-0.4, -0.2) is 50.1 Å². The Bertz CT molecular complexity index is 1130. The van der Waals surface area contributed by atoms with Crippen LogP contribution in [0.2, 0.25) is 0 Å². The van der Waals surface area contributed by atoms with Gasteiger partial charge in [0.15, 0.2) is 12.4 Å². The number of aromatic nitrogens is 4. The maximum atomic E-state index is 13.0. The van der Waals surface area contributed by atoms with Crippen molar-refractivity contribution >= 4 is 5.91 Å². The lowest BCUT2D eigenvalue weighted by Gasteiger charge is -2.32. The average Bonchev–Trinajstić information content (AvgIpc) is 3.11. The number of amides is 1. The molecule has 0 atom stereocenters. The lowest BCUT2D eigenvalue weighted by atomic mass is 10.1. The van der Waals surface area contributed by atoms with Crippen molar-refractivity contribution in [3.8, 4) is 11.6 Å². The van der Waals surface area contributed by atoms with Crippen LogP contribution in [-0.2, 0) is 4.79 Å². The zero-order valence-electron chi connectivity index (χ0n) is 17.5. The van der Waals surface area contributed by atoms with Gasteiger partial charge in [-0.05, 0) is 63.1 Å². The van der Waals surface area contributed by atoms with E-state index in [1.165, 1.54) is 35.0 Å². The molecule has 3 aromatic rings. The summed E-state index contributed by atoms with van der Waals surface area (Å²) in [7, 11) is 0. The number of hydrogen-bond acceptors (Lipinski definition) is 5. The lowest BCUT2D eigenvalue weighted by molar-refractivity contribution is -0.134. The molecule has 0 aliphatic carbocycles. The molecule has 9 heteroatoms. The standard InChI is InChI=1S/C22H24FN5O3/c1-15-13-16(2)27(24-15)20-7-8-21(29)28(25-20)18-9-11-26(12-10-18)22(30)14-31-19-5-3-17(23)4-6-19/h3-8,13,18H,9-12,14H2,1-2H3. The average molecular weight is 425 g/mol. The van der Waals surface area contributed by atoms with Crippen LogP contribution >= 0.6 is 0 Å². The molecule has 8 nitrogen and oxygen atoms in total. The van der Waals surface area contributed by atoms with Crippen LogP contribution < -0.4 is 10.3 Å². The number of carbonyl (C=O) groups is 1. The van der Waals surface area contributed by atoms with Crippen LogP contribution in [0.4, 0.5) is 4.39 Å². The summed E-state index contributed by atoms with van der Waals surface area (Å²) in [5, 5.41) is 8.97. The zero-order chi connectivity index (χ0) is 22.0. The van der Waals surface area contributed by atoms with Gasteiger partial charge in [0, 0.05) is 24.8 Å². The normalized spacial score (nSPS) is 14.6. The Morgan fingerprint density at radius 2 is 1.81 bits per heavy atom. The second-order valence-electron chi connectivity index (χ2n) is 7.67. The van der Waals surface area contributed by atoms with E-state index in [-0.39, 0.29) is 29.9 Å². The van der Waals surface area contributed by atoms with E-state index in [9.17, 15) is 14.0 Å². The number of rotatable bonds is 5. The van der Waals surface area contributed by atoms with Crippen molar-refractivity contribution in [1.82, 2.24) is 24.5 Å². The fraction of sp³-hybridized carbons (Fsp3) is 0.364. The molecule has 1 aliphatic rings. The van der Waals surface area contributed by atoms with E-state index in [2.05, 4.69) is 10.2 Å². The third-order valence-corrected chi connectivity index (χ3v) is 5.38. The first-order valence-corrected chi connectivity index (χ1v) is 10.2. The van der Waals surface area contributed by atoms with Crippen molar-refractivity contribution in [3.63, 3.8) is 0 Å². The number of piperidine rings is 1. The minimum absolute atomic E-state index is 0.0912. The third kappa shape index (κ3) is 4.65.